The van der Waals surface area contributed by atoms with Crippen LogP contribution in [0.2, 0.25) is 0 Å². The fourth-order valence-corrected chi connectivity index (χ4v) is 2.62. The number of hydrogen-bond donors (Lipinski definition) is 2. The summed E-state index contributed by atoms with van der Waals surface area (Å²) < 4.78 is 2.66. The molecule has 0 atom stereocenters. The van der Waals surface area contributed by atoms with E-state index in [9.17, 15) is 0 Å². The van der Waals surface area contributed by atoms with Gasteiger partial charge < -0.3 is 10.8 Å². The van der Waals surface area contributed by atoms with Gasteiger partial charge in [0.2, 0.25) is 0 Å². The maximum atomic E-state index is 8.81. The summed E-state index contributed by atoms with van der Waals surface area (Å²) in [6.45, 7) is 0.470. The van der Waals surface area contributed by atoms with E-state index in [0.717, 1.165) is 14.4 Å². The van der Waals surface area contributed by atoms with Gasteiger partial charge in [0.05, 0.1) is 21.8 Å². The molecule has 2 aromatic rings. The van der Waals surface area contributed by atoms with Gasteiger partial charge in [0.1, 0.15) is 11.5 Å². The Morgan fingerprint density at radius 2 is 2.33 bits per heavy atom. The molecule has 2 heterocycles. The summed E-state index contributed by atoms with van der Waals surface area (Å²) in [4.78, 5) is 1.06. The zero-order valence-corrected chi connectivity index (χ0v) is 10.3. The molecule has 0 aliphatic rings. The molecule has 0 fully saturated rings. The smallest absolute Gasteiger partial charge is 0.122 e. The van der Waals surface area contributed by atoms with Crippen molar-refractivity contribution >= 4 is 33.1 Å². The molecule has 0 spiro atoms. The van der Waals surface area contributed by atoms with Crippen molar-refractivity contribution in [2.24, 2.45) is 0 Å². The number of halogens is 1. The van der Waals surface area contributed by atoms with Crippen LogP contribution in [0.25, 0.3) is 10.6 Å². The summed E-state index contributed by atoms with van der Waals surface area (Å²) in [5, 5.41) is 13.1. The molecular formula is C9H10BrN3OS. The molecule has 3 N–H and O–H groups in total. The summed E-state index contributed by atoms with van der Waals surface area (Å²) in [6, 6.07) is 5.77. The Morgan fingerprint density at radius 1 is 1.53 bits per heavy atom. The van der Waals surface area contributed by atoms with Crippen LogP contribution in [-0.4, -0.2) is 21.5 Å². The van der Waals surface area contributed by atoms with Gasteiger partial charge in [-0.05, 0) is 28.1 Å². The number of rotatable bonds is 3. The van der Waals surface area contributed by atoms with Crippen molar-refractivity contribution in [2.75, 3.05) is 12.3 Å². The average molecular weight is 288 g/mol. The van der Waals surface area contributed by atoms with E-state index in [2.05, 4.69) is 21.0 Å². The van der Waals surface area contributed by atoms with Crippen LogP contribution >= 0.6 is 27.3 Å². The van der Waals surface area contributed by atoms with Crippen LogP contribution in [0.1, 0.15) is 0 Å². The zero-order valence-electron chi connectivity index (χ0n) is 7.85. The zero-order chi connectivity index (χ0) is 10.8. The number of hydrogen-bond acceptors (Lipinski definition) is 4. The Balaban J connectivity index is 2.33. The average Bonchev–Trinajstić information content (AvgIpc) is 2.75. The number of aliphatic hydroxyl groups excluding tert-OH is 1. The molecule has 0 unspecified atom stereocenters. The van der Waals surface area contributed by atoms with Gasteiger partial charge in [0.25, 0.3) is 0 Å². The number of anilines is 1. The van der Waals surface area contributed by atoms with E-state index in [1.165, 1.54) is 0 Å². The highest BCUT2D eigenvalue weighted by molar-refractivity contribution is 9.11. The van der Waals surface area contributed by atoms with Crippen molar-refractivity contribution in [1.82, 2.24) is 9.78 Å². The maximum Gasteiger partial charge on any atom is 0.122 e. The lowest BCUT2D eigenvalue weighted by atomic mass is 10.3. The molecule has 0 amide bonds. The lowest BCUT2D eigenvalue weighted by Crippen LogP contribution is -2.07. The molecular weight excluding hydrogens is 278 g/mol. The number of thiophene rings is 1. The van der Waals surface area contributed by atoms with Crippen molar-refractivity contribution < 1.29 is 5.11 Å². The van der Waals surface area contributed by atoms with Crippen molar-refractivity contribution in [3.8, 4) is 10.6 Å². The number of aliphatic hydroxyl groups is 1. The van der Waals surface area contributed by atoms with Gasteiger partial charge in [0, 0.05) is 6.07 Å². The lowest BCUT2D eigenvalue weighted by molar-refractivity contribution is 0.270. The molecule has 4 nitrogen and oxygen atoms in total. The van der Waals surface area contributed by atoms with E-state index < -0.39 is 0 Å². The highest BCUT2D eigenvalue weighted by Gasteiger charge is 2.08. The molecule has 0 saturated heterocycles. The van der Waals surface area contributed by atoms with E-state index >= 15 is 0 Å². The maximum absolute atomic E-state index is 8.81. The third kappa shape index (κ3) is 2.22. The predicted octanol–water partition coefficient (Wildman–Crippen LogP) is 1.95. The standard InChI is InChI=1S/C9H10BrN3OS/c10-8-2-1-7(15-8)6-5-9(11)13(12-6)3-4-14/h1-2,5,14H,3-4,11H2. The molecule has 0 radical (unpaired) electrons. The van der Waals surface area contributed by atoms with Crippen LogP contribution in [-0.2, 0) is 6.54 Å². The second kappa shape index (κ2) is 4.34. The third-order valence-electron chi connectivity index (χ3n) is 1.95. The summed E-state index contributed by atoms with van der Waals surface area (Å²) in [7, 11) is 0. The SMILES string of the molecule is Nc1cc(-c2ccc(Br)s2)nn1CCO. The lowest BCUT2D eigenvalue weighted by Gasteiger charge is -1.98. The summed E-state index contributed by atoms with van der Waals surface area (Å²) >= 11 is 5.00. The fourth-order valence-electron chi connectivity index (χ4n) is 1.28. The molecule has 0 aromatic carbocycles. The number of nitrogens with zero attached hydrogens (tertiary/aromatic N) is 2. The van der Waals surface area contributed by atoms with Gasteiger partial charge >= 0.3 is 0 Å². The van der Waals surface area contributed by atoms with Gasteiger partial charge in [-0.25, -0.2) is 4.68 Å². The minimum absolute atomic E-state index is 0.0411. The first kappa shape index (κ1) is 10.7. The molecule has 15 heavy (non-hydrogen) atoms. The van der Waals surface area contributed by atoms with E-state index in [0.29, 0.717) is 12.4 Å². The summed E-state index contributed by atoms with van der Waals surface area (Å²) in [5.74, 6) is 0.573. The van der Waals surface area contributed by atoms with E-state index in [1.54, 1.807) is 16.0 Å². The molecule has 0 aliphatic carbocycles. The molecule has 0 bridgehead atoms. The Morgan fingerprint density at radius 3 is 2.93 bits per heavy atom. The molecule has 80 valence electrons. The predicted molar refractivity (Wildman–Crippen MR) is 64.7 cm³/mol. The van der Waals surface area contributed by atoms with Crippen LogP contribution in [0.15, 0.2) is 22.0 Å². The Labute approximate surface area is 99.5 Å². The van der Waals surface area contributed by atoms with Crippen molar-refractivity contribution in [2.45, 2.75) is 6.54 Å². The van der Waals surface area contributed by atoms with Crippen LogP contribution in [0.5, 0.6) is 0 Å². The van der Waals surface area contributed by atoms with Crippen molar-refractivity contribution in [3.05, 3.63) is 22.0 Å². The Hall–Kier alpha value is -0.850. The Kier molecular flexibility index (Phi) is 3.08. The molecule has 0 saturated carbocycles. The quantitative estimate of drug-likeness (QED) is 0.907. The number of nitrogens with two attached hydrogens (primary N) is 1. The van der Waals surface area contributed by atoms with Crippen LogP contribution in [0.3, 0.4) is 0 Å². The molecule has 2 aromatic heterocycles. The minimum Gasteiger partial charge on any atom is -0.394 e. The van der Waals surface area contributed by atoms with E-state index in [-0.39, 0.29) is 6.61 Å². The largest absolute Gasteiger partial charge is 0.394 e. The van der Waals surface area contributed by atoms with Gasteiger partial charge in [-0.15, -0.1) is 11.3 Å². The Bertz CT molecular complexity index is 466. The highest BCUT2D eigenvalue weighted by atomic mass is 79.9. The second-order valence-corrected chi connectivity index (χ2v) is 5.47. The highest BCUT2D eigenvalue weighted by Crippen LogP contribution is 2.31. The minimum atomic E-state index is 0.0411. The number of aromatic nitrogens is 2. The van der Waals surface area contributed by atoms with Crippen LogP contribution < -0.4 is 5.73 Å². The topological polar surface area (TPSA) is 64.1 Å². The molecule has 2 rings (SSSR count). The summed E-state index contributed by atoms with van der Waals surface area (Å²) in [6.07, 6.45) is 0. The normalized spacial score (nSPS) is 10.8. The number of nitrogen functional groups attached to an aromatic ring is 1. The first-order chi connectivity index (χ1) is 7.20. The molecule has 6 heteroatoms. The second-order valence-electron chi connectivity index (χ2n) is 3.00. The monoisotopic (exact) mass is 287 g/mol. The van der Waals surface area contributed by atoms with Gasteiger partial charge in [-0.1, -0.05) is 0 Å². The van der Waals surface area contributed by atoms with E-state index in [1.807, 2.05) is 18.2 Å². The van der Waals surface area contributed by atoms with Crippen molar-refractivity contribution in [3.63, 3.8) is 0 Å². The first-order valence-corrected chi connectivity index (χ1v) is 6.01. The van der Waals surface area contributed by atoms with E-state index in [4.69, 9.17) is 10.8 Å². The van der Waals surface area contributed by atoms with Crippen LogP contribution in [0, 0.1) is 0 Å². The van der Waals surface area contributed by atoms with Gasteiger partial charge in [-0.3, -0.25) is 0 Å². The van der Waals surface area contributed by atoms with Gasteiger partial charge in [-0.2, -0.15) is 5.10 Å². The van der Waals surface area contributed by atoms with Crippen LogP contribution in [0.4, 0.5) is 5.82 Å². The first-order valence-electron chi connectivity index (χ1n) is 4.40. The van der Waals surface area contributed by atoms with Gasteiger partial charge in [0.15, 0.2) is 0 Å². The third-order valence-corrected chi connectivity index (χ3v) is 3.59. The molecule has 0 aliphatic heterocycles. The fraction of sp³-hybridized carbons (Fsp3) is 0.222. The summed E-state index contributed by atoms with van der Waals surface area (Å²) in [5.41, 5.74) is 6.60. The van der Waals surface area contributed by atoms with Crippen molar-refractivity contribution in [1.29, 1.82) is 0 Å².